The highest BCUT2D eigenvalue weighted by atomic mass is 32.2. The van der Waals surface area contributed by atoms with E-state index in [1.165, 1.54) is 11.8 Å². The first-order chi connectivity index (χ1) is 10.1. The molecule has 0 unspecified atom stereocenters. The van der Waals surface area contributed by atoms with E-state index in [2.05, 4.69) is 10.3 Å². The number of hydrogen-bond acceptors (Lipinski definition) is 6. The van der Waals surface area contributed by atoms with Gasteiger partial charge in [-0.25, -0.2) is 4.98 Å². The zero-order chi connectivity index (χ0) is 14.8. The molecule has 3 rings (SSSR count). The van der Waals surface area contributed by atoms with E-state index in [9.17, 15) is 4.79 Å². The Hall–Kier alpha value is -1.73. The predicted octanol–water partition coefficient (Wildman–Crippen LogP) is 3.30. The number of anilines is 1. The Balaban J connectivity index is 1.63. The standard InChI is InChI=1S/C14H14N2O3S2/c1-8-6-20-14(15-8)21-9(2)13(17)16-10-3-4-11-12(5-10)19-7-18-11/h3-6,9H,7H2,1-2H3,(H,16,17)/t9-/m0/s1. The third kappa shape index (κ3) is 3.30. The predicted molar refractivity (Wildman–Crippen MR) is 83.4 cm³/mol. The molecule has 21 heavy (non-hydrogen) atoms. The van der Waals surface area contributed by atoms with Crippen LogP contribution in [-0.2, 0) is 4.79 Å². The van der Waals surface area contributed by atoms with E-state index in [4.69, 9.17) is 9.47 Å². The number of thiazole rings is 1. The fourth-order valence-corrected chi connectivity index (χ4v) is 3.79. The first kappa shape index (κ1) is 14.2. The highest BCUT2D eigenvalue weighted by molar-refractivity contribution is 8.02. The van der Waals surface area contributed by atoms with Crippen LogP contribution in [0.4, 0.5) is 5.69 Å². The van der Waals surface area contributed by atoms with Crippen molar-refractivity contribution >= 4 is 34.7 Å². The van der Waals surface area contributed by atoms with E-state index in [0.29, 0.717) is 17.2 Å². The summed E-state index contributed by atoms with van der Waals surface area (Å²) in [5.41, 5.74) is 1.68. The molecule has 1 N–H and O–H groups in total. The van der Waals surface area contributed by atoms with Gasteiger partial charge in [0.05, 0.1) is 5.25 Å². The monoisotopic (exact) mass is 322 g/mol. The van der Waals surface area contributed by atoms with E-state index in [0.717, 1.165) is 10.0 Å². The molecule has 1 aromatic carbocycles. The summed E-state index contributed by atoms with van der Waals surface area (Å²) in [7, 11) is 0. The normalized spacial score (nSPS) is 14.0. The van der Waals surface area contributed by atoms with Crippen LogP contribution < -0.4 is 14.8 Å². The van der Waals surface area contributed by atoms with Crippen LogP contribution in [0, 0.1) is 6.92 Å². The summed E-state index contributed by atoms with van der Waals surface area (Å²) in [6, 6.07) is 5.36. The van der Waals surface area contributed by atoms with Crippen LogP contribution in [-0.4, -0.2) is 22.9 Å². The van der Waals surface area contributed by atoms with Crippen molar-refractivity contribution in [2.75, 3.05) is 12.1 Å². The summed E-state index contributed by atoms with van der Waals surface area (Å²) < 4.78 is 11.4. The quantitative estimate of drug-likeness (QED) is 0.875. The maximum atomic E-state index is 12.2. The van der Waals surface area contributed by atoms with Crippen molar-refractivity contribution in [1.29, 1.82) is 0 Å². The minimum absolute atomic E-state index is 0.0632. The molecule has 2 aromatic rings. The molecular formula is C14H14N2O3S2. The van der Waals surface area contributed by atoms with Gasteiger partial charge in [0.2, 0.25) is 12.7 Å². The Morgan fingerprint density at radius 1 is 1.43 bits per heavy atom. The number of amides is 1. The molecule has 1 atom stereocenters. The second-order valence-electron chi connectivity index (χ2n) is 4.57. The first-order valence-corrected chi connectivity index (χ1v) is 8.17. The van der Waals surface area contributed by atoms with Crippen molar-refractivity contribution in [1.82, 2.24) is 4.98 Å². The number of nitrogens with one attached hydrogen (secondary N) is 1. The first-order valence-electron chi connectivity index (χ1n) is 6.41. The molecule has 5 nitrogen and oxygen atoms in total. The maximum absolute atomic E-state index is 12.2. The molecule has 2 heterocycles. The Morgan fingerprint density at radius 3 is 3.00 bits per heavy atom. The van der Waals surface area contributed by atoms with Gasteiger partial charge in [0.1, 0.15) is 0 Å². The average molecular weight is 322 g/mol. The van der Waals surface area contributed by atoms with Crippen molar-refractivity contribution < 1.29 is 14.3 Å². The number of hydrogen-bond donors (Lipinski definition) is 1. The van der Waals surface area contributed by atoms with Gasteiger partial charge in [-0.2, -0.15) is 0 Å². The Labute approximate surface area is 130 Å². The number of carbonyl (C=O) groups is 1. The van der Waals surface area contributed by atoms with Gasteiger partial charge in [-0.15, -0.1) is 11.3 Å². The van der Waals surface area contributed by atoms with Crippen LogP contribution in [0.2, 0.25) is 0 Å². The summed E-state index contributed by atoms with van der Waals surface area (Å²) in [6.45, 7) is 4.03. The summed E-state index contributed by atoms with van der Waals surface area (Å²) in [6.07, 6.45) is 0. The van der Waals surface area contributed by atoms with Crippen molar-refractivity contribution in [3.05, 3.63) is 29.3 Å². The summed E-state index contributed by atoms with van der Waals surface area (Å²) in [4.78, 5) is 16.5. The molecule has 0 saturated heterocycles. The number of carbonyl (C=O) groups excluding carboxylic acids is 1. The smallest absolute Gasteiger partial charge is 0.237 e. The van der Waals surface area contributed by atoms with Crippen molar-refractivity contribution in [3.63, 3.8) is 0 Å². The minimum atomic E-state index is -0.221. The topological polar surface area (TPSA) is 60.5 Å². The molecule has 0 radical (unpaired) electrons. The van der Waals surface area contributed by atoms with Gasteiger partial charge in [-0.1, -0.05) is 11.8 Å². The van der Waals surface area contributed by atoms with Gasteiger partial charge in [-0.3, -0.25) is 4.79 Å². The van der Waals surface area contributed by atoms with Gasteiger partial charge < -0.3 is 14.8 Å². The van der Waals surface area contributed by atoms with E-state index >= 15 is 0 Å². The molecule has 0 saturated carbocycles. The molecule has 0 bridgehead atoms. The van der Waals surface area contributed by atoms with Crippen molar-refractivity contribution in [2.24, 2.45) is 0 Å². The van der Waals surface area contributed by atoms with E-state index in [1.54, 1.807) is 29.5 Å². The van der Waals surface area contributed by atoms with Crippen LogP contribution in [0.3, 0.4) is 0 Å². The van der Waals surface area contributed by atoms with E-state index < -0.39 is 0 Å². The van der Waals surface area contributed by atoms with Gasteiger partial charge in [0.15, 0.2) is 15.8 Å². The number of aryl methyl sites for hydroxylation is 1. The lowest BCUT2D eigenvalue weighted by molar-refractivity contribution is -0.115. The zero-order valence-electron chi connectivity index (χ0n) is 11.6. The number of benzene rings is 1. The maximum Gasteiger partial charge on any atom is 0.237 e. The van der Waals surface area contributed by atoms with Crippen LogP contribution >= 0.6 is 23.1 Å². The third-order valence-electron chi connectivity index (χ3n) is 2.88. The number of rotatable bonds is 4. The minimum Gasteiger partial charge on any atom is -0.454 e. The second-order valence-corrected chi connectivity index (χ2v) is 7.02. The number of fused-ring (bicyclic) bond motifs is 1. The Bertz CT molecular complexity index is 672. The SMILES string of the molecule is Cc1csc(S[C@@H](C)C(=O)Nc2ccc3c(c2)OCO3)n1. The van der Waals surface area contributed by atoms with Crippen LogP contribution in [0.5, 0.6) is 11.5 Å². The van der Waals surface area contributed by atoms with Gasteiger partial charge in [-0.05, 0) is 26.0 Å². The highest BCUT2D eigenvalue weighted by Crippen LogP contribution is 2.34. The summed E-state index contributed by atoms with van der Waals surface area (Å²) in [5.74, 6) is 1.30. The number of aromatic nitrogens is 1. The van der Waals surface area contributed by atoms with Crippen LogP contribution in [0.25, 0.3) is 0 Å². The Morgan fingerprint density at radius 2 is 2.24 bits per heavy atom. The number of ether oxygens (including phenoxy) is 2. The molecule has 7 heteroatoms. The molecular weight excluding hydrogens is 308 g/mol. The highest BCUT2D eigenvalue weighted by Gasteiger charge is 2.18. The van der Waals surface area contributed by atoms with Crippen LogP contribution in [0.15, 0.2) is 27.9 Å². The zero-order valence-corrected chi connectivity index (χ0v) is 13.2. The number of thioether (sulfide) groups is 1. The van der Waals surface area contributed by atoms with Crippen molar-refractivity contribution in [2.45, 2.75) is 23.4 Å². The third-order valence-corrected chi connectivity index (χ3v) is 5.07. The fourth-order valence-electron chi connectivity index (χ4n) is 1.81. The van der Waals surface area contributed by atoms with Gasteiger partial charge in [0.25, 0.3) is 0 Å². The molecule has 1 aromatic heterocycles. The summed E-state index contributed by atoms with van der Waals surface area (Å²) >= 11 is 3.01. The van der Waals surface area contributed by atoms with Gasteiger partial charge in [0, 0.05) is 22.8 Å². The van der Waals surface area contributed by atoms with Crippen LogP contribution in [0.1, 0.15) is 12.6 Å². The largest absolute Gasteiger partial charge is 0.454 e. The molecule has 1 amide bonds. The lowest BCUT2D eigenvalue weighted by Crippen LogP contribution is -2.22. The lowest BCUT2D eigenvalue weighted by Gasteiger charge is -2.10. The molecule has 0 spiro atoms. The number of nitrogens with zero attached hydrogens (tertiary/aromatic N) is 1. The van der Waals surface area contributed by atoms with E-state index in [-0.39, 0.29) is 18.0 Å². The molecule has 0 aliphatic carbocycles. The van der Waals surface area contributed by atoms with Crippen molar-refractivity contribution in [3.8, 4) is 11.5 Å². The second kappa shape index (κ2) is 5.95. The fraction of sp³-hybridized carbons (Fsp3) is 0.286. The molecule has 1 aliphatic rings. The lowest BCUT2D eigenvalue weighted by atomic mass is 10.2. The Kier molecular flexibility index (Phi) is 4.03. The average Bonchev–Trinajstić information content (AvgIpc) is 3.07. The molecule has 0 fully saturated rings. The summed E-state index contributed by atoms with van der Waals surface area (Å²) in [5, 5.41) is 4.64. The van der Waals surface area contributed by atoms with E-state index in [1.807, 2.05) is 19.2 Å². The molecule has 1 aliphatic heterocycles. The molecule has 110 valence electrons. The van der Waals surface area contributed by atoms with Gasteiger partial charge >= 0.3 is 0 Å².